The van der Waals surface area contributed by atoms with E-state index in [1.165, 1.54) is 12.0 Å². The van der Waals surface area contributed by atoms with Crippen LogP contribution in [-0.2, 0) is 11.2 Å². The molecule has 0 aliphatic carbocycles. The zero-order valence-corrected chi connectivity index (χ0v) is 15.3. The third-order valence-electron chi connectivity index (χ3n) is 3.77. The zero-order valence-electron chi connectivity index (χ0n) is 15.3. The predicted molar refractivity (Wildman–Crippen MR) is 92.6 cm³/mol. The number of ether oxygens (including phenoxy) is 3. The highest BCUT2D eigenvalue weighted by molar-refractivity contribution is 5.75. The van der Waals surface area contributed by atoms with Crippen LogP contribution in [-0.4, -0.2) is 63.5 Å². The lowest BCUT2D eigenvalue weighted by atomic mass is 10.1. The summed E-state index contributed by atoms with van der Waals surface area (Å²) in [5.41, 5.74) is 0.863. The second-order valence-corrected chi connectivity index (χ2v) is 5.60. The summed E-state index contributed by atoms with van der Waals surface area (Å²) in [5.74, 6) is 0.0658. The fourth-order valence-electron chi connectivity index (χ4n) is 2.37. The van der Waals surface area contributed by atoms with Gasteiger partial charge in [-0.3, -0.25) is 4.79 Å². The van der Waals surface area contributed by atoms with E-state index in [1.54, 1.807) is 34.3 Å². The number of benzene rings is 1. The van der Waals surface area contributed by atoms with Crippen molar-refractivity contribution in [2.75, 3.05) is 41.5 Å². The van der Waals surface area contributed by atoms with Crippen LogP contribution in [0, 0.1) is 5.92 Å². The Balaban J connectivity index is 2.67. The molecule has 2 amide bonds. The third kappa shape index (κ3) is 5.44. The molecule has 0 aliphatic rings. The molecule has 1 unspecified atom stereocenters. The number of carboxylic acids is 1. The largest absolute Gasteiger partial charge is 0.493 e. The highest BCUT2D eigenvalue weighted by Crippen LogP contribution is 2.39. The topological polar surface area (TPSA) is 97.3 Å². The third-order valence-corrected chi connectivity index (χ3v) is 3.77. The molecule has 0 saturated heterocycles. The lowest BCUT2D eigenvalue weighted by Crippen LogP contribution is -2.41. The smallest absolute Gasteiger partial charge is 0.317 e. The lowest BCUT2D eigenvalue weighted by Gasteiger charge is -2.20. The Kier molecular flexibility index (Phi) is 7.84. The van der Waals surface area contributed by atoms with E-state index in [-0.39, 0.29) is 12.6 Å². The molecule has 0 aliphatic heterocycles. The number of hydrogen-bond acceptors (Lipinski definition) is 5. The highest BCUT2D eigenvalue weighted by atomic mass is 16.5. The summed E-state index contributed by atoms with van der Waals surface area (Å²) < 4.78 is 16.0. The van der Waals surface area contributed by atoms with Crippen LogP contribution in [0.25, 0.3) is 0 Å². The van der Waals surface area contributed by atoms with Crippen molar-refractivity contribution in [1.82, 2.24) is 10.2 Å². The van der Waals surface area contributed by atoms with Crippen LogP contribution >= 0.6 is 0 Å². The molecule has 0 saturated carbocycles. The van der Waals surface area contributed by atoms with Crippen molar-refractivity contribution in [3.05, 3.63) is 17.7 Å². The van der Waals surface area contributed by atoms with E-state index >= 15 is 0 Å². The van der Waals surface area contributed by atoms with Crippen LogP contribution in [0.5, 0.6) is 17.2 Å². The molecule has 0 fully saturated rings. The summed E-state index contributed by atoms with van der Waals surface area (Å²) in [6, 6.07) is 3.30. The monoisotopic (exact) mass is 354 g/mol. The van der Waals surface area contributed by atoms with Gasteiger partial charge in [0, 0.05) is 25.7 Å². The average Bonchev–Trinajstić information content (AvgIpc) is 2.60. The summed E-state index contributed by atoms with van der Waals surface area (Å²) in [5, 5.41) is 11.7. The van der Waals surface area contributed by atoms with E-state index in [1.807, 2.05) is 6.07 Å². The van der Waals surface area contributed by atoms with Gasteiger partial charge < -0.3 is 29.5 Å². The number of rotatable bonds is 9. The van der Waals surface area contributed by atoms with Gasteiger partial charge in [-0.25, -0.2) is 4.79 Å². The molecule has 0 bridgehead atoms. The molecule has 2 N–H and O–H groups in total. The number of carbonyl (C=O) groups is 2. The number of nitrogens with one attached hydrogen (secondary N) is 1. The van der Waals surface area contributed by atoms with Crippen molar-refractivity contribution in [3.63, 3.8) is 0 Å². The summed E-state index contributed by atoms with van der Waals surface area (Å²) in [6.45, 7) is 2.07. The number of aliphatic carboxylic acids is 1. The lowest BCUT2D eigenvalue weighted by molar-refractivity contribution is -0.141. The molecule has 8 nitrogen and oxygen atoms in total. The molecule has 0 heterocycles. The van der Waals surface area contributed by atoms with E-state index in [0.717, 1.165) is 5.56 Å². The molecule has 1 aromatic rings. The molecule has 0 aromatic heterocycles. The highest BCUT2D eigenvalue weighted by Gasteiger charge is 2.18. The van der Waals surface area contributed by atoms with Crippen LogP contribution in [0.15, 0.2) is 12.1 Å². The van der Waals surface area contributed by atoms with Gasteiger partial charge in [0.05, 0.1) is 27.2 Å². The molecule has 1 atom stereocenters. The molecule has 1 aromatic carbocycles. The molecule has 0 radical (unpaired) electrons. The van der Waals surface area contributed by atoms with Gasteiger partial charge in [0.25, 0.3) is 0 Å². The van der Waals surface area contributed by atoms with Gasteiger partial charge in [0.1, 0.15) is 0 Å². The molecule has 1 rings (SSSR count). The van der Waals surface area contributed by atoms with Crippen LogP contribution in [0.4, 0.5) is 4.79 Å². The van der Waals surface area contributed by atoms with Crippen LogP contribution in [0.2, 0.25) is 0 Å². The second-order valence-electron chi connectivity index (χ2n) is 5.60. The Bertz CT molecular complexity index is 605. The average molecular weight is 354 g/mol. The van der Waals surface area contributed by atoms with Gasteiger partial charge in [-0.2, -0.15) is 0 Å². The van der Waals surface area contributed by atoms with Gasteiger partial charge in [-0.15, -0.1) is 0 Å². The first kappa shape index (κ1) is 20.4. The van der Waals surface area contributed by atoms with Crippen LogP contribution < -0.4 is 19.5 Å². The standard InChI is InChI=1S/C17H26N2O6/c1-11(16(20)21)10-19(2)17(22)18-9-8-12-6-7-13(23-3)15(25-5)14(12)24-4/h6-7,11H,8-10H2,1-5H3,(H,18,22)(H,20,21). The predicted octanol–water partition coefficient (Wildman–Crippen LogP) is 1.62. The van der Waals surface area contributed by atoms with Crippen molar-refractivity contribution in [2.24, 2.45) is 5.92 Å². The van der Waals surface area contributed by atoms with Crippen molar-refractivity contribution in [3.8, 4) is 17.2 Å². The molecular formula is C17H26N2O6. The number of amides is 2. The summed E-state index contributed by atoms with van der Waals surface area (Å²) in [7, 11) is 6.18. The number of nitrogens with zero attached hydrogens (tertiary/aromatic N) is 1. The Morgan fingerprint density at radius 2 is 1.80 bits per heavy atom. The Morgan fingerprint density at radius 3 is 2.32 bits per heavy atom. The fraction of sp³-hybridized carbons (Fsp3) is 0.529. The van der Waals surface area contributed by atoms with Crippen molar-refractivity contribution in [1.29, 1.82) is 0 Å². The normalized spacial score (nSPS) is 11.4. The van der Waals surface area contributed by atoms with E-state index in [2.05, 4.69) is 5.32 Å². The summed E-state index contributed by atoms with van der Waals surface area (Å²) >= 11 is 0. The number of carboxylic acid groups (broad SMARTS) is 1. The maximum absolute atomic E-state index is 12.0. The maximum atomic E-state index is 12.0. The zero-order chi connectivity index (χ0) is 19.0. The second kappa shape index (κ2) is 9.61. The Hall–Kier alpha value is -2.64. The van der Waals surface area contributed by atoms with E-state index in [0.29, 0.717) is 30.2 Å². The van der Waals surface area contributed by atoms with Gasteiger partial charge in [0.15, 0.2) is 11.5 Å². The number of methoxy groups -OCH3 is 3. The summed E-state index contributed by atoms with van der Waals surface area (Å²) in [4.78, 5) is 24.2. The SMILES string of the molecule is COc1ccc(CCNC(=O)N(C)CC(C)C(=O)O)c(OC)c1OC. The minimum atomic E-state index is -0.935. The van der Waals surface area contributed by atoms with Gasteiger partial charge in [-0.05, 0) is 12.5 Å². The van der Waals surface area contributed by atoms with Gasteiger partial charge >= 0.3 is 12.0 Å². The van der Waals surface area contributed by atoms with E-state index in [9.17, 15) is 9.59 Å². The van der Waals surface area contributed by atoms with Gasteiger partial charge in [0.2, 0.25) is 5.75 Å². The summed E-state index contributed by atoms with van der Waals surface area (Å²) in [6.07, 6.45) is 0.525. The Labute approximate surface area is 147 Å². The Morgan fingerprint density at radius 1 is 1.16 bits per heavy atom. The van der Waals surface area contributed by atoms with Crippen LogP contribution in [0.3, 0.4) is 0 Å². The molecule has 8 heteroatoms. The number of carbonyl (C=O) groups excluding carboxylic acids is 1. The number of hydrogen-bond donors (Lipinski definition) is 2. The van der Waals surface area contributed by atoms with Crippen LogP contribution in [0.1, 0.15) is 12.5 Å². The van der Waals surface area contributed by atoms with Gasteiger partial charge in [-0.1, -0.05) is 13.0 Å². The first-order chi connectivity index (χ1) is 11.8. The minimum absolute atomic E-state index is 0.140. The first-order valence-electron chi connectivity index (χ1n) is 7.85. The molecular weight excluding hydrogens is 328 g/mol. The van der Waals surface area contributed by atoms with E-state index < -0.39 is 11.9 Å². The fourth-order valence-corrected chi connectivity index (χ4v) is 2.37. The van der Waals surface area contributed by atoms with Crippen molar-refractivity contribution < 1.29 is 28.9 Å². The minimum Gasteiger partial charge on any atom is -0.493 e. The van der Waals surface area contributed by atoms with E-state index in [4.69, 9.17) is 19.3 Å². The maximum Gasteiger partial charge on any atom is 0.317 e. The van der Waals surface area contributed by atoms with Crippen molar-refractivity contribution in [2.45, 2.75) is 13.3 Å². The molecule has 140 valence electrons. The number of urea groups is 1. The first-order valence-corrected chi connectivity index (χ1v) is 7.85. The quantitative estimate of drug-likeness (QED) is 0.699. The molecule has 25 heavy (non-hydrogen) atoms. The molecule has 0 spiro atoms. The van der Waals surface area contributed by atoms with Crippen molar-refractivity contribution >= 4 is 12.0 Å².